The van der Waals surface area contributed by atoms with Crippen molar-refractivity contribution >= 4 is 40.0 Å². The molecule has 2 aromatic rings. The third kappa shape index (κ3) is 7.15. The molecule has 0 saturated heterocycles. The second-order valence-corrected chi connectivity index (χ2v) is 8.07. The maximum atomic E-state index is 11.6. The number of aliphatic imine (C=N–C) groups is 1. The van der Waals surface area contributed by atoms with Crippen LogP contribution in [0, 0.1) is 0 Å². The highest BCUT2D eigenvalue weighted by molar-refractivity contribution is 14.0. The van der Waals surface area contributed by atoms with Crippen LogP contribution in [0.25, 0.3) is 0 Å². The average molecular weight is 505 g/mol. The van der Waals surface area contributed by atoms with E-state index in [1.165, 1.54) is 12.7 Å². The van der Waals surface area contributed by atoms with Gasteiger partial charge in [0.2, 0.25) is 10.0 Å². The van der Waals surface area contributed by atoms with Gasteiger partial charge >= 0.3 is 0 Å². The summed E-state index contributed by atoms with van der Waals surface area (Å²) >= 11 is 0. The van der Waals surface area contributed by atoms with Crippen molar-refractivity contribution in [2.45, 2.75) is 18.8 Å². The molecule has 0 atom stereocenters. The number of hydrogen-bond donors (Lipinski definition) is 2. The van der Waals surface area contributed by atoms with E-state index in [2.05, 4.69) is 30.6 Å². The van der Waals surface area contributed by atoms with Gasteiger partial charge in [0.25, 0.3) is 0 Å². The van der Waals surface area contributed by atoms with Crippen LogP contribution < -0.4 is 10.0 Å². The molecule has 0 bridgehead atoms. The van der Waals surface area contributed by atoms with E-state index >= 15 is 0 Å². The minimum absolute atomic E-state index is 0. The van der Waals surface area contributed by atoms with Crippen molar-refractivity contribution < 1.29 is 8.42 Å². The lowest BCUT2D eigenvalue weighted by Crippen LogP contribution is -2.38. The van der Waals surface area contributed by atoms with E-state index in [4.69, 9.17) is 0 Å². The van der Waals surface area contributed by atoms with E-state index in [-0.39, 0.29) is 29.7 Å². The summed E-state index contributed by atoms with van der Waals surface area (Å²) in [6.45, 7) is 1.37. The van der Waals surface area contributed by atoms with Crippen molar-refractivity contribution in [1.82, 2.24) is 19.5 Å². The first-order valence-electron chi connectivity index (χ1n) is 8.35. The SMILES string of the molecule is CN=C(NCc1ccc(CS(=O)(=O)NC)cc1)N(C)Cc1cccn1C.I. The Hall–Kier alpha value is -1.59. The monoisotopic (exact) mass is 505 g/mol. The smallest absolute Gasteiger partial charge is 0.215 e. The van der Waals surface area contributed by atoms with Gasteiger partial charge < -0.3 is 14.8 Å². The van der Waals surface area contributed by atoms with Gasteiger partial charge in [-0.2, -0.15) is 0 Å². The molecule has 1 aromatic heterocycles. The van der Waals surface area contributed by atoms with Gasteiger partial charge in [0.1, 0.15) is 0 Å². The molecule has 0 radical (unpaired) electrons. The summed E-state index contributed by atoms with van der Waals surface area (Å²) < 4.78 is 27.6. The molecule has 0 unspecified atom stereocenters. The van der Waals surface area contributed by atoms with E-state index in [0.717, 1.165) is 23.6 Å². The number of aryl methyl sites for hydroxylation is 1. The first-order valence-corrected chi connectivity index (χ1v) is 10.0. The highest BCUT2D eigenvalue weighted by Gasteiger charge is 2.10. The molecule has 27 heavy (non-hydrogen) atoms. The fourth-order valence-corrected chi connectivity index (χ4v) is 3.37. The van der Waals surface area contributed by atoms with Crippen LogP contribution in [-0.2, 0) is 35.9 Å². The molecule has 2 N–H and O–H groups in total. The van der Waals surface area contributed by atoms with E-state index in [0.29, 0.717) is 6.54 Å². The predicted octanol–water partition coefficient (Wildman–Crippen LogP) is 1.90. The van der Waals surface area contributed by atoms with Gasteiger partial charge in [0, 0.05) is 39.6 Å². The van der Waals surface area contributed by atoms with Crippen LogP contribution in [-0.4, -0.2) is 45.0 Å². The summed E-state index contributed by atoms with van der Waals surface area (Å²) in [5, 5.41) is 3.33. The lowest BCUT2D eigenvalue weighted by atomic mass is 10.1. The summed E-state index contributed by atoms with van der Waals surface area (Å²) in [5.41, 5.74) is 3.02. The average Bonchev–Trinajstić information content (AvgIpc) is 3.01. The summed E-state index contributed by atoms with van der Waals surface area (Å²) in [4.78, 5) is 6.38. The molecule has 1 heterocycles. The molecule has 7 nitrogen and oxygen atoms in total. The second-order valence-electron chi connectivity index (χ2n) is 6.15. The fraction of sp³-hybridized carbons (Fsp3) is 0.389. The molecule has 0 aliphatic carbocycles. The van der Waals surface area contributed by atoms with E-state index in [9.17, 15) is 8.42 Å². The van der Waals surface area contributed by atoms with Crippen LogP contribution in [0.5, 0.6) is 0 Å². The number of halogens is 1. The number of nitrogens with zero attached hydrogens (tertiary/aromatic N) is 3. The molecule has 9 heteroatoms. The third-order valence-electron chi connectivity index (χ3n) is 4.17. The lowest BCUT2D eigenvalue weighted by Gasteiger charge is -2.22. The predicted molar refractivity (Wildman–Crippen MR) is 121 cm³/mol. The number of rotatable bonds is 7. The fourth-order valence-electron chi connectivity index (χ4n) is 2.59. The minimum atomic E-state index is -3.25. The Morgan fingerprint density at radius 1 is 1.19 bits per heavy atom. The normalized spacial score (nSPS) is 11.8. The zero-order chi connectivity index (χ0) is 19.2. The molecule has 1 aromatic carbocycles. The van der Waals surface area contributed by atoms with Crippen molar-refractivity contribution in [3.05, 3.63) is 59.4 Å². The van der Waals surface area contributed by atoms with Gasteiger partial charge in [-0.3, -0.25) is 4.99 Å². The summed E-state index contributed by atoms with van der Waals surface area (Å²) in [6.07, 6.45) is 2.02. The largest absolute Gasteiger partial charge is 0.353 e. The summed E-state index contributed by atoms with van der Waals surface area (Å²) in [5.74, 6) is 0.784. The molecule has 0 spiro atoms. The van der Waals surface area contributed by atoms with Gasteiger partial charge in [-0.15, -0.1) is 24.0 Å². The van der Waals surface area contributed by atoms with Crippen molar-refractivity contribution in [2.75, 3.05) is 21.1 Å². The number of hydrogen-bond acceptors (Lipinski definition) is 3. The van der Waals surface area contributed by atoms with Gasteiger partial charge in [0.05, 0.1) is 12.3 Å². The van der Waals surface area contributed by atoms with Gasteiger partial charge in [0.15, 0.2) is 5.96 Å². The zero-order valence-electron chi connectivity index (χ0n) is 16.1. The maximum Gasteiger partial charge on any atom is 0.215 e. The van der Waals surface area contributed by atoms with E-state index < -0.39 is 10.0 Å². The molecule has 0 fully saturated rings. The number of guanidine groups is 1. The molecule has 0 aliphatic rings. The van der Waals surface area contributed by atoms with Crippen LogP contribution in [0.2, 0.25) is 0 Å². The van der Waals surface area contributed by atoms with Gasteiger partial charge in [-0.05, 0) is 30.3 Å². The Labute approximate surface area is 178 Å². The molecule has 150 valence electrons. The van der Waals surface area contributed by atoms with Crippen LogP contribution in [0.1, 0.15) is 16.8 Å². The number of aromatic nitrogens is 1. The molecule has 0 saturated carbocycles. The molecule has 2 rings (SSSR count). The highest BCUT2D eigenvalue weighted by Crippen LogP contribution is 2.08. The van der Waals surface area contributed by atoms with Crippen molar-refractivity contribution in [1.29, 1.82) is 0 Å². The number of sulfonamides is 1. The molecule has 0 aliphatic heterocycles. The van der Waals surface area contributed by atoms with Crippen LogP contribution in [0.4, 0.5) is 0 Å². The second kappa shape index (κ2) is 10.7. The van der Waals surface area contributed by atoms with Crippen LogP contribution in [0.3, 0.4) is 0 Å². The first kappa shape index (κ1) is 23.4. The Morgan fingerprint density at radius 2 is 1.81 bits per heavy atom. The minimum Gasteiger partial charge on any atom is -0.353 e. The third-order valence-corrected chi connectivity index (χ3v) is 5.50. The van der Waals surface area contributed by atoms with E-state index in [1.807, 2.05) is 50.6 Å². The lowest BCUT2D eigenvalue weighted by molar-refractivity contribution is 0.461. The molecular formula is C18H28IN5O2S. The van der Waals surface area contributed by atoms with Crippen molar-refractivity contribution in [3.8, 4) is 0 Å². The van der Waals surface area contributed by atoms with Crippen molar-refractivity contribution in [2.24, 2.45) is 12.0 Å². The highest BCUT2D eigenvalue weighted by atomic mass is 127. The quantitative estimate of drug-likeness (QED) is 0.343. The van der Waals surface area contributed by atoms with E-state index in [1.54, 1.807) is 7.05 Å². The first-order chi connectivity index (χ1) is 12.3. The van der Waals surface area contributed by atoms with Gasteiger partial charge in [-0.25, -0.2) is 13.1 Å². The maximum absolute atomic E-state index is 11.6. The summed E-state index contributed by atoms with van der Waals surface area (Å²) in [6, 6.07) is 11.6. The van der Waals surface area contributed by atoms with Crippen LogP contribution in [0.15, 0.2) is 47.6 Å². The van der Waals surface area contributed by atoms with Crippen molar-refractivity contribution in [3.63, 3.8) is 0 Å². The Kier molecular flexibility index (Phi) is 9.27. The number of nitrogens with one attached hydrogen (secondary N) is 2. The summed E-state index contributed by atoms with van der Waals surface area (Å²) in [7, 11) is 3.95. The zero-order valence-corrected chi connectivity index (χ0v) is 19.3. The molecule has 0 amide bonds. The Morgan fingerprint density at radius 3 is 2.33 bits per heavy atom. The standard InChI is InChI=1S/C18H27N5O2S.HI/c1-19-18(23(4)13-17-6-5-11-22(17)3)21-12-15-7-9-16(10-8-15)14-26(24,25)20-2;/h5-11,20H,12-14H2,1-4H3,(H,19,21);1H. The van der Waals surface area contributed by atoms with Crippen LogP contribution >= 0.6 is 24.0 Å². The van der Waals surface area contributed by atoms with Gasteiger partial charge in [-0.1, -0.05) is 24.3 Å². The topological polar surface area (TPSA) is 78.7 Å². The Bertz CT molecular complexity index is 847. The Balaban J connectivity index is 0.00000364. The molecular weight excluding hydrogens is 477 g/mol. The number of benzene rings is 1.